The highest BCUT2D eigenvalue weighted by molar-refractivity contribution is 7.89. The second-order valence-corrected chi connectivity index (χ2v) is 8.43. The van der Waals surface area contributed by atoms with Gasteiger partial charge in [0, 0.05) is 25.1 Å². The molecular weight excluding hydrogens is 384 g/mol. The monoisotopic (exact) mass is 408 g/mol. The number of furan rings is 1. The summed E-state index contributed by atoms with van der Waals surface area (Å²) in [4.78, 5) is 12.5. The zero-order valence-electron chi connectivity index (χ0n) is 15.9. The highest BCUT2D eigenvalue weighted by Crippen LogP contribution is 2.32. The van der Waals surface area contributed by atoms with E-state index in [9.17, 15) is 13.2 Å². The first-order valence-corrected chi connectivity index (χ1v) is 10.4. The molecule has 0 radical (unpaired) electrons. The molecule has 0 atom stereocenters. The summed E-state index contributed by atoms with van der Waals surface area (Å²) in [5, 5.41) is 2.84. The summed E-state index contributed by atoms with van der Waals surface area (Å²) in [6.07, 6.45) is 2.49. The minimum Gasteiger partial charge on any atom is -0.493 e. The lowest BCUT2D eigenvalue weighted by molar-refractivity contribution is -0.126. The van der Waals surface area contributed by atoms with Gasteiger partial charge in [0.2, 0.25) is 15.9 Å². The lowest BCUT2D eigenvalue weighted by atomic mass is 9.97. The maximum absolute atomic E-state index is 12.9. The maximum Gasteiger partial charge on any atom is 0.243 e. The van der Waals surface area contributed by atoms with Gasteiger partial charge in [-0.05, 0) is 37.1 Å². The van der Waals surface area contributed by atoms with E-state index in [0.29, 0.717) is 36.6 Å². The van der Waals surface area contributed by atoms with Gasteiger partial charge in [0.25, 0.3) is 0 Å². The molecule has 0 unspecified atom stereocenters. The minimum atomic E-state index is -3.67. The van der Waals surface area contributed by atoms with Crippen LogP contribution >= 0.6 is 0 Å². The standard InChI is InChI=1S/C19H24N2O6S/c1-25-17-6-5-16(12-18(17)26-2)28(23,24)21-9-7-14(8-10-21)19(22)20-13-15-4-3-11-27-15/h3-6,11-12,14H,7-10,13H2,1-2H3,(H,20,22). The number of nitrogens with zero attached hydrogens (tertiary/aromatic N) is 1. The molecule has 8 nitrogen and oxygen atoms in total. The Morgan fingerprint density at radius 1 is 1.18 bits per heavy atom. The van der Waals surface area contributed by atoms with Crippen LogP contribution in [0, 0.1) is 5.92 Å². The molecule has 3 rings (SSSR count). The molecule has 1 N–H and O–H groups in total. The van der Waals surface area contributed by atoms with Crippen LogP contribution in [-0.4, -0.2) is 45.9 Å². The van der Waals surface area contributed by atoms with E-state index in [0.717, 1.165) is 0 Å². The third-order valence-corrected chi connectivity index (χ3v) is 6.73. The average molecular weight is 408 g/mol. The molecule has 1 aromatic carbocycles. The number of carbonyl (C=O) groups is 1. The number of hydrogen-bond donors (Lipinski definition) is 1. The van der Waals surface area contributed by atoms with Crippen molar-refractivity contribution >= 4 is 15.9 Å². The van der Waals surface area contributed by atoms with Crippen molar-refractivity contribution in [2.45, 2.75) is 24.3 Å². The number of rotatable bonds is 7. The van der Waals surface area contributed by atoms with Crippen molar-refractivity contribution in [2.75, 3.05) is 27.3 Å². The molecule has 2 aromatic rings. The molecule has 1 amide bonds. The predicted octanol–water partition coefficient (Wildman–Crippen LogP) is 2.01. The van der Waals surface area contributed by atoms with Crippen LogP contribution in [0.2, 0.25) is 0 Å². The smallest absolute Gasteiger partial charge is 0.243 e. The van der Waals surface area contributed by atoms with Crippen LogP contribution in [0.5, 0.6) is 11.5 Å². The van der Waals surface area contributed by atoms with Gasteiger partial charge in [0.15, 0.2) is 11.5 Å². The Bertz CT molecular complexity index is 903. The molecule has 1 fully saturated rings. The van der Waals surface area contributed by atoms with Crippen molar-refractivity contribution in [1.29, 1.82) is 0 Å². The van der Waals surface area contributed by atoms with Gasteiger partial charge in [-0.25, -0.2) is 8.42 Å². The van der Waals surface area contributed by atoms with E-state index in [-0.39, 0.29) is 29.8 Å². The molecule has 0 spiro atoms. The lowest BCUT2D eigenvalue weighted by Gasteiger charge is -2.30. The molecule has 0 aliphatic carbocycles. The fraction of sp³-hybridized carbons (Fsp3) is 0.421. The SMILES string of the molecule is COc1ccc(S(=O)(=O)N2CCC(C(=O)NCc3ccco3)CC2)cc1OC. The van der Waals surface area contributed by atoms with Gasteiger partial charge in [-0.15, -0.1) is 0 Å². The van der Waals surface area contributed by atoms with Crippen LogP contribution in [0.25, 0.3) is 0 Å². The number of sulfonamides is 1. The number of hydrogen-bond acceptors (Lipinski definition) is 6. The quantitative estimate of drug-likeness (QED) is 0.753. The molecule has 152 valence electrons. The van der Waals surface area contributed by atoms with Crippen LogP contribution in [0.1, 0.15) is 18.6 Å². The summed E-state index contributed by atoms with van der Waals surface area (Å²) < 4.78 is 42.8. The van der Waals surface area contributed by atoms with Crippen LogP contribution in [0.4, 0.5) is 0 Å². The first-order chi connectivity index (χ1) is 13.5. The molecule has 0 bridgehead atoms. The second-order valence-electron chi connectivity index (χ2n) is 6.49. The van der Waals surface area contributed by atoms with E-state index in [4.69, 9.17) is 13.9 Å². The number of ether oxygens (including phenoxy) is 2. The average Bonchev–Trinajstić information content (AvgIpc) is 3.25. The predicted molar refractivity (Wildman–Crippen MR) is 102 cm³/mol. The van der Waals surface area contributed by atoms with E-state index in [1.54, 1.807) is 24.5 Å². The van der Waals surface area contributed by atoms with Gasteiger partial charge in [-0.3, -0.25) is 4.79 Å². The van der Waals surface area contributed by atoms with E-state index >= 15 is 0 Å². The third kappa shape index (κ3) is 4.31. The number of methoxy groups -OCH3 is 2. The summed E-state index contributed by atoms with van der Waals surface area (Å²) in [5.74, 6) is 1.21. The van der Waals surface area contributed by atoms with E-state index in [1.165, 1.54) is 30.7 Å². The van der Waals surface area contributed by atoms with Crippen molar-refractivity contribution in [1.82, 2.24) is 9.62 Å². The van der Waals surface area contributed by atoms with E-state index in [2.05, 4.69) is 5.32 Å². The van der Waals surface area contributed by atoms with Crippen LogP contribution in [-0.2, 0) is 21.4 Å². The first-order valence-electron chi connectivity index (χ1n) is 8.98. The summed E-state index contributed by atoms with van der Waals surface area (Å²) in [5.41, 5.74) is 0. The molecule has 0 saturated carbocycles. The molecular formula is C19H24N2O6S. The van der Waals surface area contributed by atoms with E-state index in [1.807, 2.05) is 0 Å². The molecule has 1 aliphatic rings. The van der Waals surface area contributed by atoms with Crippen LogP contribution < -0.4 is 14.8 Å². The largest absolute Gasteiger partial charge is 0.493 e. The molecule has 1 aromatic heterocycles. The first kappa shape index (κ1) is 20.2. The minimum absolute atomic E-state index is 0.0837. The van der Waals surface area contributed by atoms with Crippen LogP contribution in [0.3, 0.4) is 0 Å². The molecule has 1 aliphatic heterocycles. The summed E-state index contributed by atoms with van der Waals surface area (Å²) >= 11 is 0. The molecule has 1 saturated heterocycles. The highest BCUT2D eigenvalue weighted by Gasteiger charge is 2.32. The Hall–Kier alpha value is -2.52. The summed E-state index contributed by atoms with van der Waals surface area (Å²) in [7, 11) is -0.712. The Balaban J connectivity index is 1.61. The maximum atomic E-state index is 12.9. The van der Waals surface area contributed by atoms with Gasteiger partial charge < -0.3 is 19.2 Å². The van der Waals surface area contributed by atoms with Gasteiger partial charge in [0.05, 0.1) is 31.9 Å². The fourth-order valence-electron chi connectivity index (χ4n) is 3.22. The third-order valence-electron chi connectivity index (χ3n) is 4.83. The van der Waals surface area contributed by atoms with Crippen molar-refractivity contribution in [2.24, 2.45) is 5.92 Å². The van der Waals surface area contributed by atoms with Gasteiger partial charge in [-0.2, -0.15) is 4.31 Å². The molecule has 28 heavy (non-hydrogen) atoms. The Labute approximate surface area is 164 Å². The number of piperidine rings is 1. The Morgan fingerprint density at radius 2 is 1.89 bits per heavy atom. The zero-order valence-corrected chi connectivity index (χ0v) is 16.7. The molecule has 9 heteroatoms. The zero-order chi connectivity index (χ0) is 20.1. The lowest BCUT2D eigenvalue weighted by Crippen LogP contribution is -2.42. The summed E-state index contributed by atoms with van der Waals surface area (Å²) in [6.45, 7) is 0.904. The van der Waals surface area contributed by atoms with Crippen LogP contribution in [0.15, 0.2) is 45.9 Å². The van der Waals surface area contributed by atoms with Crippen molar-refractivity contribution in [3.63, 3.8) is 0 Å². The Kier molecular flexibility index (Phi) is 6.25. The van der Waals surface area contributed by atoms with E-state index < -0.39 is 10.0 Å². The fourth-order valence-corrected chi connectivity index (χ4v) is 4.70. The second kappa shape index (κ2) is 8.66. The number of carbonyl (C=O) groups excluding carboxylic acids is 1. The highest BCUT2D eigenvalue weighted by atomic mass is 32.2. The Morgan fingerprint density at radius 3 is 2.50 bits per heavy atom. The van der Waals surface area contributed by atoms with Gasteiger partial charge in [0.1, 0.15) is 5.76 Å². The van der Waals surface area contributed by atoms with Crippen molar-refractivity contribution < 1.29 is 27.1 Å². The van der Waals surface area contributed by atoms with Gasteiger partial charge in [-0.1, -0.05) is 0 Å². The number of amides is 1. The van der Waals surface area contributed by atoms with Gasteiger partial charge >= 0.3 is 0 Å². The number of benzene rings is 1. The van der Waals surface area contributed by atoms with Crippen molar-refractivity contribution in [3.8, 4) is 11.5 Å². The normalized spacial score (nSPS) is 15.9. The number of nitrogens with one attached hydrogen (secondary N) is 1. The topological polar surface area (TPSA) is 98.1 Å². The molecule has 2 heterocycles. The van der Waals surface area contributed by atoms with Crippen molar-refractivity contribution in [3.05, 3.63) is 42.4 Å². The summed E-state index contributed by atoms with van der Waals surface area (Å²) in [6, 6.07) is 8.08.